The average molecular weight is 169 g/mol. The van der Waals surface area contributed by atoms with Gasteiger partial charge in [-0.1, -0.05) is 6.07 Å². The molecule has 62 valence electrons. The van der Waals surface area contributed by atoms with E-state index >= 15 is 0 Å². The number of H-pyrrole nitrogens is 1. The summed E-state index contributed by atoms with van der Waals surface area (Å²) >= 11 is 0. The lowest BCUT2D eigenvalue weighted by Gasteiger charge is -1.87. The van der Waals surface area contributed by atoms with Gasteiger partial charge < -0.3 is 4.98 Å². The van der Waals surface area contributed by atoms with Gasteiger partial charge in [-0.3, -0.25) is 0 Å². The zero-order valence-corrected chi connectivity index (χ0v) is 6.86. The lowest BCUT2D eigenvalue weighted by atomic mass is 10.2. The molecule has 0 aromatic carbocycles. The molecule has 2 heterocycles. The number of imidazole rings is 1. The zero-order chi connectivity index (χ0) is 8.67. The SMILES string of the molecule is c1cc2ncnc-2c2cc[nH]c2c1. The molecule has 0 amide bonds. The van der Waals surface area contributed by atoms with Crippen molar-refractivity contribution in [2.45, 2.75) is 0 Å². The van der Waals surface area contributed by atoms with Crippen molar-refractivity contribution < 1.29 is 0 Å². The number of aromatic nitrogens is 3. The van der Waals surface area contributed by atoms with Crippen molar-refractivity contribution >= 4 is 10.9 Å². The van der Waals surface area contributed by atoms with Crippen molar-refractivity contribution in [3.63, 3.8) is 0 Å². The molecule has 0 bridgehead atoms. The van der Waals surface area contributed by atoms with Gasteiger partial charge in [-0.05, 0) is 18.2 Å². The maximum absolute atomic E-state index is 4.23. The van der Waals surface area contributed by atoms with Crippen LogP contribution in [0.1, 0.15) is 0 Å². The highest BCUT2D eigenvalue weighted by Crippen LogP contribution is 2.24. The molecule has 0 unspecified atom stereocenters. The number of aromatic amines is 1. The molecular formula is C10H7N3. The van der Waals surface area contributed by atoms with Crippen molar-refractivity contribution in [2.24, 2.45) is 0 Å². The topological polar surface area (TPSA) is 41.6 Å². The molecular weight excluding hydrogens is 162 g/mol. The maximum Gasteiger partial charge on any atom is 0.116 e. The average Bonchev–Trinajstić information content (AvgIpc) is 2.72. The van der Waals surface area contributed by atoms with E-state index in [2.05, 4.69) is 15.0 Å². The molecule has 0 radical (unpaired) electrons. The van der Waals surface area contributed by atoms with Crippen molar-refractivity contribution in [1.29, 1.82) is 0 Å². The molecule has 0 fully saturated rings. The lowest BCUT2D eigenvalue weighted by Crippen LogP contribution is -1.71. The first-order valence-corrected chi connectivity index (χ1v) is 4.12. The highest BCUT2D eigenvalue weighted by atomic mass is 14.9. The van der Waals surface area contributed by atoms with Crippen molar-refractivity contribution in [3.05, 3.63) is 36.8 Å². The molecule has 13 heavy (non-hydrogen) atoms. The van der Waals surface area contributed by atoms with Crippen LogP contribution in [0, 0.1) is 0 Å². The Morgan fingerprint density at radius 1 is 1.08 bits per heavy atom. The first-order valence-electron chi connectivity index (χ1n) is 4.12. The molecule has 0 saturated heterocycles. The largest absolute Gasteiger partial charge is 0.361 e. The molecule has 0 spiro atoms. The molecule has 1 N–H and O–H groups in total. The van der Waals surface area contributed by atoms with E-state index in [1.165, 1.54) is 0 Å². The van der Waals surface area contributed by atoms with Crippen LogP contribution in [0.2, 0.25) is 0 Å². The van der Waals surface area contributed by atoms with Crippen LogP contribution in [0.5, 0.6) is 0 Å². The Morgan fingerprint density at radius 3 is 3.08 bits per heavy atom. The van der Waals surface area contributed by atoms with Crippen LogP contribution in [0.4, 0.5) is 0 Å². The number of fused-ring (bicyclic) bond motifs is 3. The van der Waals surface area contributed by atoms with E-state index in [-0.39, 0.29) is 0 Å². The van der Waals surface area contributed by atoms with Gasteiger partial charge in [0, 0.05) is 17.1 Å². The van der Waals surface area contributed by atoms with Gasteiger partial charge in [-0.15, -0.1) is 0 Å². The van der Waals surface area contributed by atoms with Gasteiger partial charge in [0.15, 0.2) is 0 Å². The molecule has 1 aromatic heterocycles. The number of nitrogens with one attached hydrogen (secondary N) is 1. The Morgan fingerprint density at radius 2 is 2.08 bits per heavy atom. The van der Waals surface area contributed by atoms with E-state index in [1.807, 2.05) is 30.5 Å². The molecule has 3 heteroatoms. The van der Waals surface area contributed by atoms with Gasteiger partial charge in [-0.2, -0.15) is 0 Å². The van der Waals surface area contributed by atoms with Gasteiger partial charge in [-0.25, -0.2) is 9.97 Å². The third-order valence-electron chi connectivity index (χ3n) is 2.18. The predicted octanol–water partition coefficient (Wildman–Crippen LogP) is 2.06. The van der Waals surface area contributed by atoms with Crippen molar-refractivity contribution in [1.82, 2.24) is 15.0 Å². The predicted molar refractivity (Wildman–Crippen MR) is 50.5 cm³/mol. The maximum atomic E-state index is 4.23. The number of hydrogen-bond acceptors (Lipinski definition) is 2. The summed E-state index contributed by atoms with van der Waals surface area (Å²) < 4.78 is 0. The van der Waals surface area contributed by atoms with Crippen LogP contribution >= 0.6 is 0 Å². The molecule has 0 atom stereocenters. The molecule has 1 aliphatic heterocycles. The Kier molecular flexibility index (Phi) is 1.16. The molecule has 3 nitrogen and oxygen atoms in total. The summed E-state index contributed by atoms with van der Waals surface area (Å²) in [5, 5.41) is 1.12. The third kappa shape index (κ3) is 0.839. The van der Waals surface area contributed by atoms with Crippen LogP contribution in [-0.2, 0) is 0 Å². The zero-order valence-electron chi connectivity index (χ0n) is 6.86. The van der Waals surface area contributed by atoms with Crippen LogP contribution in [0.15, 0.2) is 36.8 Å². The Hall–Kier alpha value is -1.90. The van der Waals surface area contributed by atoms with E-state index in [0.29, 0.717) is 0 Å². The molecule has 3 rings (SSSR count). The summed E-state index contributed by atoms with van der Waals surface area (Å²) in [6.45, 7) is 0. The second-order valence-corrected chi connectivity index (χ2v) is 2.94. The third-order valence-corrected chi connectivity index (χ3v) is 2.18. The summed E-state index contributed by atoms with van der Waals surface area (Å²) in [4.78, 5) is 11.5. The summed E-state index contributed by atoms with van der Waals surface area (Å²) in [7, 11) is 0. The fourth-order valence-corrected chi connectivity index (χ4v) is 1.57. The van der Waals surface area contributed by atoms with Crippen molar-refractivity contribution in [3.8, 4) is 11.4 Å². The van der Waals surface area contributed by atoms with E-state index < -0.39 is 0 Å². The fourth-order valence-electron chi connectivity index (χ4n) is 1.57. The van der Waals surface area contributed by atoms with E-state index in [0.717, 1.165) is 22.3 Å². The monoisotopic (exact) mass is 169 g/mol. The van der Waals surface area contributed by atoms with Gasteiger partial charge in [0.2, 0.25) is 0 Å². The van der Waals surface area contributed by atoms with Gasteiger partial charge >= 0.3 is 0 Å². The minimum atomic E-state index is 0.939. The fraction of sp³-hybridized carbons (Fsp3) is 0. The molecule has 0 saturated carbocycles. The summed E-state index contributed by atoms with van der Waals surface area (Å²) in [6.07, 6.45) is 3.51. The van der Waals surface area contributed by atoms with E-state index in [9.17, 15) is 0 Å². The lowest BCUT2D eigenvalue weighted by molar-refractivity contribution is 1.33. The Bertz CT molecular complexity index is 527. The van der Waals surface area contributed by atoms with Gasteiger partial charge in [0.25, 0.3) is 0 Å². The number of nitrogens with zero attached hydrogens (tertiary/aromatic N) is 2. The quantitative estimate of drug-likeness (QED) is 0.559. The number of hydrogen-bond donors (Lipinski definition) is 1. The highest BCUT2D eigenvalue weighted by Gasteiger charge is 2.07. The van der Waals surface area contributed by atoms with Crippen molar-refractivity contribution in [2.75, 3.05) is 0 Å². The minimum Gasteiger partial charge on any atom is -0.361 e. The smallest absolute Gasteiger partial charge is 0.116 e. The van der Waals surface area contributed by atoms with Gasteiger partial charge in [0.1, 0.15) is 6.33 Å². The minimum absolute atomic E-state index is 0.939. The highest BCUT2D eigenvalue weighted by molar-refractivity contribution is 5.91. The summed E-state index contributed by atoms with van der Waals surface area (Å²) in [5.74, 6) is 0. The Balaban J connectivity index is 2.58. The first kappa shape index (κ1) is 6.60. The van der Waals surface area contributed by atoms with Gasteiger partial charge in [0.05, 0.1) is 11.4 Å². The van der Waals surface area contributed by atoms with Crippen LogP contribution < -0.4 is 0 Å². The van der Waals surface area contributed by atoms with Crippen LogP contribution in [-0.4, -0.2) is 15.0 Å². The van der Waals surface area contributed by atoms with Crippen LogP contribution in [0.25, 0.3) is 22.3 Å². The second-order valence-electron chi connectivity index (χ2n) is 2.94. The van der Waals surface area contributed by atoms with Crippen LogP contribution in [0.3, 0.4) is 0 Å². The Labute approximate surface area is 74.8 Å². The molecule has 2 aliphatic rings. The summed E-state index contributed by atoms with van der Waals surface area (Å²) in [6, 6.07) is 8.00. The number of rotatable bonds is 0. The molecule has 1 aliphatic carbocycles. The van der Waals surface area contributed by atoms with E-state index in [1.54, 1.807) is 6.33 Å². The van der Waals surface area contributed by atoms with E-state index in [4.69, 9.17) is 0 Å². The normalized spacial score (nSPS) is 11.1. The first-order chi connectivity index (χ1) is 6.45. The molecule has 1 aromatic rings. The standard InChI is InChI=1S/C10H7N3/c1-2-8-7(4-5-11-8)10-9(3-1)12-6-13-10/h1-6,11H. The summed E-state index contributed by atoms with van der Waals surface area (Å²) in [5.41, 5.74) is 2.99. The second kappa shape index (κ2) is 2.29.